The van der Waals surface area contributed by atoms with Crippen molar-refractivity contribution in [2.45, 2.75) is 59.7 Å². The lowest BCUT2D eigenvalue weighted by molar-refractivity contribution is -0.131. The summed E-state index contributed by atoms with van der Waals surface area (Å²) >= 11 is 0. The third-order valence-electron chi connectivity index (χ3n) is 5.34. The molecule has 0 aliphatic rings. The fraction of sp³-hybridized carbons (Fsp3) is 0.440. The molecule has 0 aliphatic heterocycles. The van der Waals surface area contributed by atoms with E-state index < -0.39 is 35.4 Å². The molecule has 3 amide bonds. The molecular formula is C25H33N3O4. The van der Waals surface area contributed by atoms with Gasteiger partial charge in [0.05, 0.1) is 6.04 Å². The van der Waals surface area contributed by atoms with E-state index >= 15 is 0 Å². The van der Waals surface area contributed by atoms with Crippen molar-refractivity contribution in [3.63, 3.8) is 0 Å². The number of benzene rings is 2. The van der Waals surface area contributed by atoms with Gasteiger partial charge in [0, 0.05) is 5.56 Å². The van der Waals surface area contributed by atoms with E-state index in [0.29, 0.717) is 11.8 Å². The maximum absolute atomic E-state index is 13.0. The number of aldehydes is 1. The minimum atomic E-state index is -0.872. The second-order valence-corrected chi connectivity index (χ2v) is 9.48. The highest BCUT2D eigenvalue weighted by Gasteiger charge is 2.34. The van der Waals surface area contributed by atoms with Gasteiger partial charge in [0.25, 0.3) is 5.91 Å². The second kappa shape index (κ2) is 10.4. The molecule has 0 saturated carbocycles. The zero-order valence-corrected chi connectivity index (χ0v) is 19.6. The normalized spacial score (nSPS) is 14.3. The Morgan fingerprint density at radius 1 is 0.844 bits per heavy atom. The van der Waals surface area contributed by atoms with E-state index in [1.54, 1.807) is 19.1 Å². The molecule has 32 heavy (non-hydrogen) atoms. The summed E-state index contributed by atoms with van der Waals surface area (Å²) in [5, 5.41) is 10.0. The smallest absolute Gasteiger partial charge is 0.251 e. The Balaban J connectivity index is 2.13. The monoisotopic (exact) mass is 439 g/mol. The van der Waals surface area contributed by atoms with E-state index in [0.717, 1.165) is 10.8 Å². The van der Waals surface area contributed by atoms with Crippen molar-refractivity contribution >= 4 is 34.8 Å². The van der Waals surface area contributed by atoms with Crippen LogP contribution < -0.4 is 16.0 Å². The lowest BCUT2D eigenvalue weighted by Gasteiger charge is -2.31. The van der Waals surface area contributed by atoms with E-state index in [1.165, 1.54) is 0 Å². The highest BCUT2D eigenvalue weighted by molar-refractivity contribution is 6.01. The van der Waals surface area contributed by atoms with Crippen molar-refractivity contribution in [2.75, 3.05) is 0 Å². The zero-order valence-electron chi connectivity index (χ0n) is 19.6. The van der Waals surface area contributed by atoms with Crippen LogP contribution in [0.25, 0.3) is 10.8 Å². The number of hydrogen-bond donors (Lipinski definition) is 3. The Hall–Kier alpha value is -3.22. The molecule has 3 unspecified atom stereocenters. The molecule has 0 aromatic heterocycles. The molecule has 2 aromatic carbocycles. The summed E-state index contributed by atoms with van der Waals surface area (Å²) in [5.41, 5.74) is -0.155. The Morgan fingerprint density at radius 3 is 2.03 bits per heavy atom. The fourth-order valence-corrected chi connectivity index (χ4v) is 3.23. The zero-order chi connectivity index (χ0) is 24.1. The van der Waals surface area contributed by atoms with E-state index in [1.807, 2.05) is 65.0 Å². The minimum absolute atomic E-state index is 0.0667. The lowest BCUT2D eigenvalue weighted by atomic mass is 9.85. The molecule has 0 aliphatic carbocycles. The topological polar surface area (TPSA) is 104 Å². The van der Waals surface area contributed by atoms with Crippen LogP contribution in [-0.4, -0.2) is 42.1 Å². The molecule has 3 N–H and O–H groups in total. The molecule has 0 spiro atoms. The Morgan fingerprint density at radius 2 is 1.47 bits per heavy atom. The first-order chi connectivity index (χ1) is 14.9. The largest absolute Gasteiger partial charge is 0.345 e. The summed E-state index contributed by atoms with van der Waals surface area (Å²) in [6.07, 6.45) is 0.679. The maximum atomic E-state index is 13.0. The van der Waals surface area contributed by atoms with Crippen LogP contribution in [0.15, 0.2) is 42.5 Å². The summed E-state index contributed by atoms with van der Waals surface area (Å²) in [6.45, 7) is 10.7. The highest BCUT2D eigenvalue weighted by atomic mass is 16.2. The number of amides is 3. The van der Waals surface area contributed by atoms with Crippen molar-refractivity contribution in [3.05, 3.63) is 48.0 Å². The molecule has 0 radical (unpaired) electrons. The van der Waals surface area contributed by atoms with Gasteiger partial charge >= 0.3 is 0 Å². The summed E-state index contributed by atoms with van der Waals surface area (Å²) in [5.74, 6) is -1.37. The van der Waals surface area contributed by atoms with Crippen LogP contribution in [0.5, 0.6) is 0 Å². The standard InChI is InChI=1S/C25H33N3O4/c1-15(2)20(14-29)27-22(30)16(3)26-24(32)21(25(4,5)6)28-23(31)19-12-11-17-9-7-8-10-18(17)13-19/h7-16,20-21H,1-6H3,(H,26,32)(H,27,30)(H,28,31). The van der Waals surface area contributed by atoms with Crippen LogP contribution in [0, 0.1) is 11.3 Å². The number of fused-ring (bicyclic) bond motifs is 1. The van der Waals surface area contributed by atoms with Gasteiger partial charge in [-0.3, -0.25) is 14.4 Å². The molecule has 0 heterocycles. The van der Waals surface area contributed by atoms with Gasteiger partial charge < -0.3 is 20.7 Å². The molecular weight excluding hydrogens is 406 g/mol. The van der Waals surface area contributed by atoms with Gasteiger partial charge in [-0.05, 0) is 41.2 Å². The van der Waals surface area contributed by atoms with Crippen molar-refractivity contribution < 1.29 is 19.2 Å². The first-order valence-electron chi connectivity index (χ1n) is 10.8. The molecule has 0 saturated heterocycles. The van der Waals surface area contributed by atoms with Crippen molar-refractivity contribution in [3.8, 4) is 0 Å². The molecule has 2 rings (SSSR count). The highest BCUT2D eigenvalue weighted by Crippen LogP contribution is 2.21. The molecule has 2 aromatic rings. The molecule has 7 heteroatoms. The third kappa shape index (κ3) is 6.39. The van der Waals surface area contributed by atoms with Gasteiger partial charge in [-0.15, -0.1) is 0 Å². The third-order valence-corrected chi connectivity index (χ3v) is 5.34. The fourth-order valence-electron chi connectivity index (χ4n) is 3.23. The first-order valence-corrected chi connectivity index (χ1v) is 10.8. The average Bonchev–Trinajstić information content (AvgIpc) is 2.73. The average molecular weight is 440 g/mol. The number of carbonyl (C=O) groups is 4. The first kappa shape index (κ1) is 25.0. The van der Waals surface area contributed by atoms with Gasteiger partial charge in [0.15, 0.2) is 0 Å². The van der Waals surface area contributed by atoms with Crippen LogP contribution in [-0.2, 0) is 14.4 Å². The molecule has 3 atom stereocenters. The number of hydrogen-bond acceptors (Lipinski definition) is 4. The van der Waals surface area contributed by atoms with Crippen LogP contribution in [0.3, 0.4) is 0 Å². The van der Waals surface area contributed by atoms with Gasteiger partial charge in [-0.25, -0.2) is 0 Å². The Bertz CT molecular complexity index is 994. The van der Waals surface area contributed by atoms with Crippen molar-refractivity contribution in [2.24, 2.45) is 11.3 Å². The summed E-state index contributed by atoms with van der Waals surface area (Å²) in [4.78, 5) is 49.5. The van der Waals surface area contributed by atoms with Crippen molar-refractivity contribution in [1.82, 2.24) is 16.0 Å². The molecule has 172 valence electrons. The van der Waals surface area contributed by atoms with Gasteiger partial charge in [0.2, 0.25) is 11.8 Å². The van der Waals surface area contributed by atoms with Crippen LogP contribution in [0.1, 0.15) is 51.9 Å². The van der Waals surface area contributed by atoms with E-state index in [9.17, 15) is 19.2 Å². The quantitative estimate of drug-likeness (QED) is 0.550. The Labute approximate surface area is 189 Å². The van der Waals surface area contributed by atoms with E-state index in [-0.39, 0.29) is 11.8 Å². The Kier molecular flexibility index (Phi) is 8.14. The van der Waals surface area contributed by atoms with Crippen molar-refractivity contribution in [1.29, 1.82) is 0 Å². The minimum Gasteiger partial charge on any atom is -0.345 e. The summed E-state index contributed by atoms with van der Waals surface area (Å²) in [6, 6.07) is 10.7. The van der Waals surface area contributed by atoms with E-state index in [4.69, 9.17) is 0 Å². The molecule has 0 fully saturated rings. The predicted molar refractivity (Wildman–Crippen MR) is 125 cm³/mol. The van der Waals surface area contributed by atoms with Gasteiger partial charge in [-0.2, -0.15) is 0 Å². The summed E-state index contributed by atoms with van der Waals surface area (Å²) < 4.78 is 0. The second-order valence-electron chi connectivity index (χ2n) is 9.48. The maximum Gasteiger partial charge on any atom is 0.251 e. The summed E-state index contributed by atoms with van der Waals surface area (Å²) in [7, 11) is 0. The van der Waals surface area contributed by atoms with Crippen LogP contribution in [0.2, 0.25) is 0 Å². The van der Waals surface area contributed by atoms with Crippen LogP contribution >= 0.6 is 0 Å². The van der Waals surface area contributed by atoms with Gasteiger partial charge in [-0.1, -0.05) is 65.0 Å². The SMILES string of the molecule is CC(NC(=O)C(NC(=O)c1ccc2ccccc2c1)C(C)(C)C)C(=O)NC(C=O)C(C)C. The van der Waals surface area contributed by atoms with E-state index in [2.05, 4.69) is 16.0 Å². The predicted octanol–water partition coefficient (Wildman–Crippen LogP) is 2.83. The number of carbonyl (C=O) groups excluding carboxylic acids is 4. The lowest BCUT2D eigenvalue weighted by Crippen LogP contribution is -2.58. The molecule has 0 bridgehead atoms. The molecule has 7 nitrogen and oxygen atoms in total. The number of nitrogens with one attached hydrogen (secondary N) is 3. The number of rotatable bonds is 8. The van der Waals surface area contributed by atoms with Crippen LogP contribution in [0.4, 0.5) is 0 Å². The van der Waals surface area contributed by atoms with Gasteiger partial charge in [0.1, 0.15) is 18.4 Å².